The normalized spacial score (nSPS) is 15.6. The van der Waals surface area contributed by atoms with Crippen LogP contribution in [0.2, 0.25) is 5.02 Å². The summed E-state index contributed by atoms with van der Waals surface area (Å²) in [5.41, 5.74) is 9.87. The van der Waals surface area contributed by atoms with Gasteiger partial charge in [-0.25, -0.2) is 0 Å². The molecule has 1 atom stereocenters. The third-order valence-corrected chi connectivity index (χ3v) is 11.4. The molecule has 3 heterocycles. The molecule has 0 amide bonds. The zero-order valence-electron chi connectivity index (χ0n) is 31.9. The lowest BCUT2D eigenvalue weighted by Gasteiger charge is -2.56. The molecule has 1 spiro atoms. The highest BCUT2D eigenvalue weighted by Crippen LogP contribution is 2.38. The largest absolute Gasteiger partial charge is 0.488 e. The van der Waals surface area contributed by atoms with Crippen molar-refractivity contribution in [1.29, 1.82) is 5.26 Å². The average Bonchev–Trinajstić information content (AvgIpc) is 3.17. The number of hydrogen-bond acceptors (Lipinski definition) is 9. The highest BCUT2D eigenvalue weighted by Gasteiger charge is 2.47. The Hall–Kier alpha value is -5.28. The first kappa shape index (κ1) is 39.0. The first-order valence-electron chi connectivity index (χ1n) is 18.7. The van der Waals surface area contributed by atoms with Gasteiger partial charge in [0, 0.05) is 74.3 Å². The standard InChI is InChI=1S/C45H46ClN5O5/c1-29-35(6-4-8-38(29)39-9-5-7-37(30(39)2)34-12-10-31(11-13-34)21-51-26-45(27-51)24-49-25-45)23-56-42-16-41(55-22-33-14-32(17-47)18-48-19-33)36(15-40(42)46)20-50-44(3,28-52)43(53)54/h4-16,18-19,49-50,52H,20-28H2,1-3H3,(H,53,54). The molecule has 4 N–H and O–H groups in total. The van der Waals surface area contributed by atoms with Crippen molar-refractivity contribution in [3.05, 3.63) is 135 Å². The predicted octanol–water partition coefficient (Wildman–Crippen LogP) is 7.05. The number of hydrogen-bond donors (Lipinski definition) is 4. The molecular formula is C45H46ClN5O5. The maximum absolute atomic E-state index is 11.9. The van der Waals surface area contributed by atoms with E-state index in [1.54, 1.807) is 24.4 Å². The van der Waals surface area contributed by atoms with Gasteiger partial charge in [0.1, 0.15) is 36.3 Å². The minimum atomic E-state index is -1.58. The molecule has 5 aromatic rings. The summed E-state index contributed by atoms with van der Waals surface area (Å²) in [4.78, 5) is 18.5. The maximum Gasteiger partial charge on any atom is 0.326 e. The zero-order valence-corrected chi connectivity index (χ0v) is 32.6. The average molecular weight is 772 g/mol. The molecule has 0 aliphatic carbocycles. The number of aliphatic hydroxyl groups excluding tert-OH is 1. The van der Waals surface area contributed by atoms with Gasteiger partial charge in [-0.1, -0.05) is 72.3 Å². The molecule has 0 radical (unpaired) electrons. The number of nitriles is 1. The molecule has 4 aromatic carbocycles. The van der Waals surface area contributed by atoms with Crippen molar-refractivity contribution in [3.8, 4) is 39.8 Å². The van der Waals surface area contributed by atoms with Crippen LogP contribution < -0.4 is 20.1 Å². The molecule has 10 nitrogen and oxygen atoms in total. The second-order valence-electron chi connectivity index (χ2n) is 15.3. The summed E-state index contributed by atoms with van der Waals surface area (Å²) in [5, 5.41) is 35.4. The number of carbonyl (C=O) groups is 1. The van der Waals surface area contributed by atoms with Gasteiger partial charge in [0.25, 0.3) is 0 Å². The Balaban J connectivity index is 1.08. The molecule has 1 aromatic heterocycles. The summed E-state index contributed by atoms with van der Waals surface area (Å²) in [6.07, 6.45) is 3.08. The van der Waals surface area contributed by atoms with E-state index in [-0.39, 0.29) is 19.8 Å². The molecule has 0 bridgehead atoms. The molecule has 1 unspecified atom stereocenters. The molecule has 7 rings (SSSR count). The van der Waals surface area contributed by atoms with Crippen molar-refractivity contribution < 1.29 is 24.5 Å². The lowest BCUT2D eigenvalue weighted by molar-refractivity contribution is -0.145. The molecule has 288 valence electrons. The van der Waals surface area contributed by atoms with Crippen LogP contribution in [0.5, 0.6) is 11.5 Å². The van der Waals surface area contributed by atoms with E-state index in [1.165, 1.54) is 48.5 Å². The van der Waals surface area contributed by atoms with Gasteiger partial charge in [0.2, 0.25) is 0 Å². The minimum Gasteiger partial charge on any atom is -0.488 e. The van der Waals surface area contributed by atoms with Crippen LogP contribution in [-0.4, -0.2) is 64.4 Å². The smallest absolute Gasteiger partial charge is 0.326 e. The molecule has 0 saturated carbocycles. The number of halogens is 1. The maximum atomic E-state index is 11.9. The lowest BCUT2D eigenvalue weighted by Crippen LogP contribution is -2.70. The number of ether oxygens (including phenoxy) is 2. The zero-order chi connectivity index (χ0) is 39.5. The third kappa shape index (κ3) is 8.28. The van der Waals surface area contributed by atoms with Crippen LogP contribution in [0, 0.1) is 30.6 Å². The molecule has 2 aliphatic rings. The molecule has 2 aliphatic heterocycles. The van der Waals surface area contributed by atoms with Crippen LogP contribution >= 0.6 is 11.6 Å². The monoisotopic (exact) mass is 771 g/mol. The van der Waals surface area contributed by atoms with Crippen molar-refractivity contribution in [2.75, 3.05) is 32.8 Å². The molecule has 2 saturated heterocycles. The highest BCUT2D eigenvalue weighted by atomic mass is 35.5. The van der Waals surface area contributed by atoms with Gasteiger partial charge in [0.15, 0.2) is 0 Å². The van der Waals surface area contributed by atoms with E-state index in [0.717, 1.165) is 41.9 Å². The van der Waals surface area contributed by atoms with Crippen molar-refractivity contribution >= 4 is 17.6 Å². The number of pyridine rings is 1. The Kier molecular flexibility index (Phi) is 11.4. The number of benzene rings is 4. The van der Waals surface area contributed by atoms with Crippen LogP contribution in [0.4, 0.5) is 0 Å². The van der Waals surface area contributed by atoms with Gasteiger partial charge in [0.05, 0.1) is 17.2 Å². The number of aromatic nitrogens is 1. The van der Waals surface area contributed by atoms with Gasteiger partial charge < -0.3 is 25.0 Å². The highest BCUT2D eigenvalue weighted by molar-refractivity contribution is 6.32. The second kappa shape index (κ2) is 16.4. The number of carboxylic acids is 1. The van der Waals surface area contributed by atoms with Crippen LogP contribution in [-0.2, 0) is 31.1 Å². The Bertz CT molecular complexity index is 2280. The van der Waals surface area contributed by atoms with Crippen molar-refractivity contribution in [1.82, 2.24) is 20.5 Å². The number of carboxylic acid groups (broad SMARTS) is 1. The van der Waals surface area contributed by atoms with E-state index >= 15 is 0 Å². The van der Waals surface area contributed by atoms with Crippen LogP contribution in [0.3, 0.4) is 0 Å². The Morgan fingerprint density at radius 3 is 2.30 bits per heavy atom. The molecular weight excluding hydrogens is 726 g/mol. The number of rotatable bonds is 15. The van der Waals surface area contributed by atoms with E-state index in [1.807, 2.05) is 12.1 Å². The summed E-state index contributed by atoms with van der Waals surface area (Å²) in [5.74, 6) is -0.410. The molecule has 56 heavy (non-hydrogen) atoms. The van der Waals surface area contributed by atoms with E-state index in [0.29, 0.717) is 38.6 Å². The predicted molar refractivity (Wildman–Crippen MR) is 216 cm³/mol. The van der Waals surface area contributed by atoms with Crippen LogP contribution in [0.1, 0.15) is 45.9 Å². The number of aliphatic carboxylic acids is 1. The fourth-order valence-electron chi connectivity index (χ4n) is 7.53. The van der Waals surface area contributed by atoms with Crippen LogP contribution in [0.15, 0.2) is 91.3 Å². The summed E-state index contributed by atoms with van der Waals surface area (Å²) in [7, 11) is 0. The number of aliphatic hydroxyl groups is 1. The van der Waals surface area contributed by atoms with E-state index in [9.17, 15) is 20.3 Å². The van der Waals surface area contributed by atoms with Crippen molar-refractivity contribution in [3.63, 3.8) is 0 Å². The number of nitrogens with zero attached hydrogens (tertiary/aromatic N) is 3. The minimum absolute atomic E-state index is 0.0379. The van der Waals surface area contributed by atoms with Gasteiger partial charge in [-0.15, -0.1) is 0 Å². The van der Waals surface area contributed by atoms with E-state index in [4.69, 9.17) is 21.1 Å². The molecule has 2 fully saturated rings. The number of likely N-dealkylation sites (tertiary alicyclic amines) is 1. The van der Waals surface area contributed by atoms with E-state index < -0.39 is 18.1 Å². The summed E-state index contributed by atoms with van der Waals surface area (Å²) < 4.78 is 12.5. The summed E-state index contributed by atoms with van der Waals surface area (Å²) in [6, 6.07) is 28.8. The lowest BCUT2D eigenvalue weighted by atomic mass is 9.74. The Morgan fingerprint density at radius 1 is 0.929 bits per heavy atom. The second-order valence-corrected chi connectivity index (χ2v) is 15.7. The number of nitrogens with one attached hydrogen (secondary N) is 2. The summed E-state index contributed by atoms with van der Waals surface area (Å²) in [6.45, 7) is 11.1. The SMILES string of the molecule is Cc1c(COc2cc(OCc3cncc(C#N)c3)c(CNC(C)(CO)C(=O)O)cc2Cl)cccc1-c1cccc(-c2ccc(CN3CC4(CNC4)C3)cc2)c1C. The fourth-order valence-corrected chi connectivity index (χ4v) is 7.77. The van der Waals surface area contributed by atoms with Gasteiger partial charge >= 0.3 is 5.97 Å². The van der Waals surface area contributed by atoms with Gasteiger partial charge in [-0.2, -0.15) is 5.26 Å². The Morgan fingerprint density at radius 2 is 1.62 bits per heavy atom. The van der Waals surface area contributed by atoms with Gasteiger partial charge in [-0.05, 0) is 77.4 Å². The van der Waals surface area contributed by atoms with Gasteiger partial charge in [-0.3, -0.25) is 20.0 Å². The fraction of sp³-hybridized carbons (Fsp3) is 0.311. The third-order valence-electron chi connectivity index (χ3n) is 11.1. The summed E-state index contributed by atoms with van der Waals surface area (Å²) >= 11 is 6.77. The first-order valence-corrected chi connectivity index (χ1v) is 19.1. The van der Waals surface area contributed by atoms with Crippen molar-refractivity contribution in [2.24, 2.45) is 5.41 Å². The topological polar surface area (TPSA) is 140 Å². The first-order chi connectivity index (χ1) is 27.0. The molecule has 11 heteroatoms. The quantitative estimate of drug-likeness (QED) is 0.0876. The van der Waals surface area contributed by atoms with E-state index in [2.05, 4.69) is 89.0 Å². The van der Waals surface area contributed by atoms with Crippen molar-refractivity contribution in [2.45, 2.75) is 52.6 Å². The Labute approximate surface area is 332 Å². The van der Waals surface area contributed by atoms with Crippen LogP contribution in [0.25, 0.3) is 22.3 Å².